The summed E-state index contributed by atoms with van der Waals surface area (Å²) in [5.41, 5.74) is 1.20. The molecule has 0 radical (unpaired) electrons. The van der Waals surface area contributed by atoms with Gasteiger partial charge in [0.1, 0.15) is 5.75 Å². The number of para-hydroxylation sites is 2. The van der Waals surface area contributed by atoms with Crippen LogP contribution in [0.4, 0.5) is 5.69 Å². The van der Waals surface area contributed by atoms with E-state index < -0.39 is 16.1 Å². The van der Waals surface area contributed by atoms with E-state index in [1.54, 1.807) is 41.3 Å². The van der Waals surface area contributed by atoms with Crippen molar-refractivity contribution in [1.82, 2.24) is 4.90 Å². The van der Waals surface area contributed by atoms with Crippen molar-refractivity contribution < 1.29 is 17.9 Å². The second kappa shape index (κ2) is 8.06. The third-order valence-corrected chi connectivity index (χ3v) is 7.35. The van der Waals surface area contributed by atoms with Gasteiger partial charge in [0.05, 0.1) is 18.0 Å². The van der Waals surface area contributed by atoms with Crippen LogP contribution in [0.1, 0.15) is 25.3 Å². The van der Waals surface area contributed by atoms with Gasteiger partial charge in [-0.05, 0) is 36.5 Å². The minimum Gasteiger partial charge on any atom is -0.476 e. The second-order valence-corrected chi connectivity index (χ2v) is 9.75. The molecule has 4 rings (SSSR count). The zero-order chi connectivity index (χ0) is 20.4. The number of likely N-dealkylation sites (tertiary alicyclic amines) is 1. The van der Waals surface area contributed by atoms with Crippen molar-refractivity contribution in [2.45, 2.75) is 31.6 Å². The molecule has 1 fully saturated rings. The molecule has 2 aromatic rings. The maximum atomic E-state index is 13.3. The molecular formula is C22H26N2O4S. The van der Waals surface area contributed by atoms with Crippen molar-refractivity contribution in [3.63, 3.8) is 0 Å². The van der Waals surface area contributed by atoms with E-state index in [-0.39, 0.29) is 18.2 Å². The number of ether oxygens (including phenoxy) is 1. The molecule has 1 amide bonds. The van der Waals surface area contributed by atoms with E-state index in [1.807, 2.05) is 18.2 Å². The average Bonchev–Trinajstić information content (AvgIpc) is 2.73. The van der Waals surface area contributed by atoms with Crippen LogP contribution in [0.2, 0.25) is 0 Å². The molecule has 6 nitrogen and oxygen atoms in total. The molecule has 29 heavy (non-hydrogen) atoms. The molecule has 2 aliphatic heterocycles. The van der Waals surface area contributed by atoms with Crippen molar-refractivity contribution in [3.8, 4) is 5.75 Å². The maximum Gasteiger partial charge on any atom is 0.265 e. The molecule has 0 spiro atoms. The third kappa shape index (κ3) is 4.24. The normalized spacial score (nSPS) is 20.1. The molecule has 0 saturated carbocycles. The number of amides is 1. The van der Waals surface area contributed by atoms with Crippen LogP contribution in [-0.2, 0) is 20.6 Å². The standard InChI is InChI=1S/C22H26N2O4S/c1-17-11-13-23(14-12-17)22(25)21-15-24(19-9-5-6-10-20(19)28-21)29(26,27)16-18-7-3-2-4-8-18/h2-10,17,21H,11-16H2,1H3/t21-/m0/s1. The van der Waals surface area contributed by atoms with Crippen LogP contribution < -0.4 is 9.04 Å². The van der Waals surface area contributed by atoms with E-state index in [9.17, 15) is 13.2 Å². The number of anilines is 1. The topological polar surface area (TPSA) is 66.9 Å². The van der Waals surface area contributed by atoms with Gasteiger partial charge in [-0.25, -0.2) is 8.42 Å². The summed E-state index contributed by atoms with van der Waals surface area (Å²) in [6.45, 7) is 3.57. The summed E-state index contributed by atoms with van der Waals surface area (Å²) in [5.74, 6) is 0.782. The largest absolute Gasteiger partial charge is 0.476 e. The van der Waals surface area contributed by atoms with Crippen LogP contribution in [0, 0.1) is 5.92 Å². The average molecular weight is 415 g/mol. The molecule has 0 aliphatic carbocycles. The van der Waals surface area contributed by atoms with E-state index in [1.165, 1.54) is 4.31 Å². The van der Waals surface area contributed by atoms with Gasteiger partial charge >= 0.3 is 0 Å². The summed E-state index contributed by atoms with van der Waals surface area (Å²) in [4.78, 5) is 14.9. The quantitative estimate of drug-likeness (QED) is 0.771. The molecule has 7 heteroatoms. The summed E-state index contributed by atoms with van der Waals surface area (Å²) in [6, 6.07) is 16.1. The van der Waals surface area contributed by atoms with Crippen LogP contribution in [0.25, 0.3) is 0 Å². The first-order valence-electron chi connectivity index (χ1n) is 10.0. The smallest absolute Gasteiger partial charge is 0.265 e. The first-order valence-corrected chi connectivity index (χ1v) is 11.6. The molecule has 0 aromatic heterocycles. The number of carbonyl (C=O) groups is 1. The highest BCUT2D eigenvalue weighted by molar-refractivity contribution is 7.92. The zero-order valence-electron chi connectivity index (χ0n) is 16.5. The van der Waals surface area contributed by atoms with Crippen LogP contribution in [-0.4, -0.2) is 45.0 Å². The van der Waals surface area contributed by atoms with Crippen LogP contribution in [0.3, 0.4) is 0 Å². The van der Waals surface area contributed by atoms with Gasteiger partial charge in [-0.3, -0.25) is 9.10 Å². The summed E-state index contributed by atoms with van der Waals surface area (Å²) >= 11 is 0. The van der Waals surface area contributed by atoms with E-state index in [0.29, 0.717) is 36.0 Å². The number of nitrogens with zero attached hydrogens (tertiary/aromatic N) is 2. The summed E-state index contributed by atoms with van der Waals surface area (Å²) < 4.78 is 33.8. The Labute approximate surface area is 172 Å². The number of fused-ring (bicyclic) bond motifs is 1. The fraction of sp³-hybridized carbons (Fsp3) is 0.409. The monoisotopic (exact) mass is 414 g/mol. The Balaban J connectivity index is 1.60. The second-order valence-electron chi connectivity index (χ2n) is 7.85. The lowest BCUT2D eigenvalue weighted by atomic mass is 9.99. The summed E-state index contributed by atoms with van der Waals surface area (Å²) in [5, 5.41) is 0. The molecule has 2 aliphatic rings. The Hall–Kier alpha value is -2.54. The molecule has 154 valence electrons. The van der Waals surface area contributed by atoms with Gasteiger partial charge in [0.2, 0.25) is 10.0 Å². The first-order chi connectivity index (χ1) is 13.9. The van der Waals surface area contributed by atoms with Gasteiger partial charge < -0.3 is 9.64 Å². The zero-order valence-corrected chi connectivity index (χ0v) is 17.3. The number of hydrogen-bond acceptors (Lipinski definition) is 4. The highest BCUT2D eigenvalue weighted by atomic mass is 32.2. The third-order valence-electron chi connectivity index (χ3n) is 5.63. The Morgan fingerprint density at radius 2 is 1.69 bits per heavy atom. The highest BCUT2D eigenvalue weighted by Crippen LogP contribution is 2.36. The fourth-order valence-electron chi connectivity index (χ4n) is 3.89. The molecule has 2 heterocycles. The Bertz CT molecular complexity index is 969. The molecule has 0 N–H and O–H groups in total. The number of piperidine rings is 1. The molecular weight excluding hydrogens is 388 g/mol. The predicted molar refractivity (Wildman–Crippen MR) is 112 cm³/mol. The Kier molecular flexibility index (Phi) is 5.50. The van der Waals surface area contributed by atoms with E-state index in [2.05, 4.69) is 6.92 Å². The van der Waals surface area contributed by atoms with Crippen molar-refractivity contribution in [2.24, 2.45) is 5.92 Å². The first kappa shape index (κ1) is 19.8. The van der Waals surface area contributed by atoms with Crippen LogP contribution >= 0.6 is 0 Å². The fourth-order valence-corrected chi connectivity index (χ4v) is 5.47. The van der Waals surface area contributed by atoms with Gasteiger partial charge in [0.25, 0.3) is 5.91 Å². The molecule has 1 atom stereocenters. The lowest BCUT2D eigenvalue weighted by Gasteiger charge is -2.38. The van der Waals surface area contributed by atoms with E-state index in [0.717, 1.165) is 12.8 Å². The van der Waals surface area contributed by atoms with Gasteiger partial charge in [-0.15, -0.1) is 0 Å². The van der Waals surface area contributed by atoms with Crippen LogP contribution in [0.5, 0.6) is 5.75 Å². The van der Waals surface area contributed by atoms with Crippen molar-refractivity contribution in [3.05, 3.63) is 60.2 Å². The lowest BCUT2D eigenvalue weighted by Crippen LogP contribution is -2.53. The number of rotatable bonds is 4. The number of sulfonamides is 1. The summed E-state index contributed by atoms with van der Waals surface area (Å²) in [7, 11) is -3.67. The number of benzene rings is 2. The SMILES string of the molecule is CC1CCN(C(=O)[C@@H]2CN(S(=O)(=O)Cc3ccccc3)c3ccccc3O2)CC1. The van der Waals surface area contributed by atoms with Crippen LogP contribution in [0.15, 0.2) is 54.6 Å². The summed E-state index contributed by atoms with van der Waals surface area (Å²) in [6.07, 6.45) is 1.10. The maximum absolute atomic E-state index is 13.3. The van der Waals surface area contributed by atoms with Crippen molar-refractivity contribution >= 4 is 21.6 Å². The molecule has 1 saturated heterocycles. The molecule has 2 aromatic carbocycles. The minimum absolute atomic E-state index is 0.00291. The number of hydrogen-bond donors (Lipinski definition) is 0. The minimum atomic E-state index is -3.67. The Morgan fingerprint density at radius 3 is 2.41 bits per heavy atom. The lowest BCUT2D eigenvalue weighted by molar-refractivity contribution is -0.139. The number of carbonyl (C=O) groups excluding carboxylic acids is 1. The molecule has 0 bridgehead atoms. The Morgan fingerprint density at radius 1 is 1.03 bits per heavy atom. The van der Waals surface area contributed by atoms with E-state index in [4.69, 9.17) is 4.74 Å². The van der Waals surface area contributed by atoms with Crippen molar-refractivity contribution in [2.75, 3.05) is 23.9 Å². The van der Waals surface area contributed by atoms with Gasteiger partial charge in [-0.1, -0.05) is 49.4 Å². The molecule has 0 unspecified atom stereocenters. The van der Waals surface area contributed by atoms with E-state index >= 15 is 0 Å². The predicted octanol–water partition coefficient (Wildman–Crippen LogP) is 3.04. The highest BCUT2D eigenvalue weighted by Gasteiger charge is 2.38. The van der Waals surface area contributed by atoms with Gasteiger partial charge in [0, 0.05) is 13.1 Å². The van der Waals surface area contributed by atoms with Gasteiger partial charge in [-0.2, -0.15) is 0 Å². The van der Waals surface area contributed by atoms with Crippen molar-refractivity contribution in [1.29, 1.82) is 0 Å². The van der Waals surface area contributed by atoms with Gasteiger partial charge in [0.15, 0.2) is 6.10 Å².